The van der Waals surface area contributed by atoms with Crippen LogP contribution in [0.3, 0.4) is 0 Å². The van der Waals surface area contributed by atoms with Crippen molar-refractivity contribution in [2.45, 2.75) is 13.8 Å². The van der Waals surface area contributed by atoms with Crippen LogP contribution in [0.4, 0.5) is 0 Å². The number of fused-ring (bicyclic) bond motifs is 1. The van der Waals surface area contributed by atoms with Crippen LogP contribution < -0.4 is 0 Å². The van der Waals surface area contributed by atoms with Gasteiger partial charge in [-0.05, 0) is 49.7 Å². The Morgan fingerprint density at radius 2 is 1.73 bits per heavy atom. The highest BCUT2D eigenvalue weighted by Gasteiger charge is 2.12. The van der Waals surface area contributed by atoms with Gasteiger partial charge in [0.15, 0.2) is 5.78 Å². The Hall–Kier alpha value is -1.90. The first kappa shape index (κ1) is 15.0. The van der Waals surface area contributed by atoms with E-state index in [1.54, 1.807) is 25.1 Å². The molecule has 0 amide bonds. The highest BCUT2D eigenvalue weighted by Crippen LogP contribution is 2.29. The predicted molar refractivity (Wildman–Crippen MR) is 91.9 cm³/mol. The molecule has 3 aromatic rings. The quantitative estimate of drug-likeness (QED) is 0.563. The first-order chi connectivity index (χ1) is 10.5. The Bertz CT molecular complexity index is 886. The van der Waals surface area contributed by atoms with Crippen LogP contribution in [0, 0.1) is 6.92 Å². The van der Waals surface area contributed by atoms with Gasteiger partial charge in [0, 0.05) is 26.6 Å². The molecule has 0 fully saturated rings. The second kappa shape index (κ2) is 5.71. The number of hydrogen-bond acceptors (Lipinski definition) is 2. The van der Waals surface area contributed by atoms with Crippen LogP contribution >= 0.6 is 23.2 Å². The summed E-state index contributed by atoms with van der Waals surface area (Å²) in [6.45, 7) is 3.48. The summed E-state index contributed by atoms with van der Waals surface area (Å²) in [4.78, 5) is 16.7. The zero-order valence-electron chi connectivity index (χ0n) is 12.2. The summed E-state index contributed by atoms with van der Waals surface area (Å²) >= 11 is 12.1. The molecule has 0 aliphatic rings. The van der Waals surface area contributed by atoms with Crippen molar-refractivity contribution < 1.29 is 4.79 Å². The lowest BCUT2D eigenvalue weighted by atomic mass is 10.0. The van der Waals surface area contributed by atoms with Crippen molar-refractivity contribution in [3.8, 4) is 11.3 Å². The lowest BCUT2D eigenvalue weighted by molar-refractivity contribution is 0.101. The summed E-state index contributed by atoms with van der Waals surface area (Å²) in [5.41, 5.74) is 3.93. The number of benzene rings is 2. The molecule has 0 aliphatic heterocycles. The molecule has 0 N–H and O–H groups in total. The maximum absolute atomic E-state index is 12.0. The van der Waals surface area contributed by atoms with E-state index in [0.717, 1.165) is 22.2 Å². The van der Waals surface area contributed by atoms with Crippen molar-refractivity contribution in [1.29, 1.82) is 0 Å². The van der Waals surface area contributed by atoms with Crippen LogP contribution in [-0.2, 0) is 0 Å². The second-order valence-corrected chi connectivity index (χ2v) is 6.08. The number of pyridine rings is 1. The van der Waals surface area contributed by atoms with Crippen LogP contribution in [-0.4, -0.2) is 10.8 Å². The summed E-state index contributed by atoms with van der Waals surface area (Å²) in [7, 11) is 0. The highest BCUT2D eigenvalue weighted by atomic mass is 35.5. The summed E-state index contributed by atoms with van der Waals surface area (Å²) < 4.78 is 0. The molecule has 0 aliphatic carbocycles. The van der Waals surface area contributed by atoms with Crippen molar-refractivity contribution in [3.63, 3.8) is 0 Å². The van der Waals surface area contributed by atoms with E-state index < -0.39 is 0 Å². The lowest BCUT2D eigenvalue weighted by Gasteiger charge is -2.10. The van der Waals surface area contributed by atoms with E-state index in [9.17, 15) is 4.79 Å². The Balaban J connectivity index is 2.31. The molecule has 0 radical (unpaired) electrons. The van der Waals surface area contributed by atoms with Gasteiger partial charge in [0.1, 0.15) is 0 Å². The fraction of sp³-hybridized carbons (Fsp3) is 0.111. The number of carbonyl (C=O) groups excluding carboxylic acids is 1. The third-order valence-corrected chi connectivity index (χ3v) is 4.27. The maximum atomic E-state index is 12.0. The Morgan fingerprint density at radius 1 is 1.05 bits per heavy atom. The molecule has 4 heteroatoms. The lowest BCUT2D eigenvalue weighted by Crippen LogP contribution is -1.98. The van der Waals surface area contributed by atoms with E-state index in [1.807, 2.05) is 31.2 Å². The molecule has 110 valence electrons. The predicted octanol–water partition coefficient (Wildman–Crippen LogP) is 5.72. The molecule has 3 rings (SSSR count). The Morgan fingerprint density at radius 3 is 2.36 bits per heavy atom. The molecule has 0 atom stereocenters. The van der Waals surface area contributed by atoms with Gasteiger partial charge in [-0.2, -0.15) is 0 Å². The first-order valence-corrected chi connectivity index (χ1v) is 7.59. The third kappa shape index (κ3) is 2.72. The number of aromatic nitrogens is 1. The molecule has 2 aromatic carbocycles. The maximum Gasteiger partial charge on any atom is 0.160 e. The fourth-order valence-electron chi connectivity index (χ4n) is 2.42. The molecule has 0 unspecified atom stereocenters. The van der Waals surface area contributed by atoms with Gasteiger partial charge in [-0.25, -0.2) is 4.98 Å². The van der Waals surface area contributed by atoms with Crippen molar-refractivity contribution in [2.24, 2.45) is 0 Å². The van der Waals surface area contributed by atoms with Crippen LogP contribution in [0.2, 0.25) is 10.0 Å². The third-order valence-electron chi connectivity index (χ3n) is 3.61. The van der Waals surface area contributed by atoms with Crippen LogP contribution in [0.1, 0.15) is 22.8 Å². The SMILES string of the molecule is CC(=O)c1cc(-c2ccc(Cl)cc2)nc2cc(Cl)c(C)cc12. The number of aryl methyl sites for hydroxylation is 1. The van der Waals surface area contributed by atoms with E-state index in [1.165, 1.54) is 0 Å². The van der Waals surface area contributed by atoms with Crippen LogP contribution in [0.15, 0.2) is 42.5 Å². The van der Waals surface area contributed by atoms with E-state index in [-0.39, 0.29) is 5.78 Å². The normalized spacial score (nSPS) is 10.9. The van der Waals surface area contributed by atoms with E-state index in [0.29, 0.717) is 21.1 Å². The van der Waals surface area contributed by atoms with Crippen molar-refractivity contribution in [1.82, 2.24) is 4.98 Å². The molecular weight excluding hydrogens is 317 g/mol. The van der Waals surface area contributed by atoms with Gasteiger partial charge in [-0.1, -0.05) is 35.3 Å². The molecule has 0 spiro atoms. The zero-order chi connectivity index (χ0) is 15.9. The topological polar surface area (TPSA) is 30.0 Å². The van der Waals surface area contributed by atoms with Gasteiger partial charge in [0.2, 0.25) is 0 Å². The molecule has 1 aromatic heterocycles. The van der Waals surface area contributed by atoms with Gasteiger partial charge in [0.05, 0.1) is 11.2 Å². The average Bonchev–Trinajstić information content (AvgIpc) is 2.48. The number of ketones is 1. The van der Waals surface area contributed by atoms with Gasteiger partial charge in [-0.15, -0.1) is 0 Å². The van der Waals surface area contributed by atoms with E-state index >= 15 is 0 Å². The number of nitrogens with zero attached hydrogens (tertiary/aromatic N) is 1. The monoisotopic (exact) mass is 329 g/mol. The smallest absolute Gasteiger partial charge is 0.160 e. The zero-order valence-corrected chi connectivity index (χ0v) is 13.7. The highest BCUT2D eigenvalue weighted by molar-refractivity contribution is 6.32. The minimum Gasteiger partial charge on any atom is -0.294 e. The van der Waals surface area contributed by atoms with Gasteiger partial charge < -0.3 is 0 Å². The van der Waals surface area contributed by atoms with Gasteiger partial charge in [0.25, 0.3) is 0 Å². The fourth-order valence-corrected chi connectivity index (χ4v) is 2.70. The summed E-state index contributed by atoms with van der Waals surface area (Å²) in [5.74, 6) is 0.00401. The van der Waals surface area contributed by atoms with Crippen molar-refractivity contribution in [3.05, 3.63) is 63.6 Å². The standard InChI is InChI=1S/C18H13Cl2NO/c1-10-7-15-14(11(2)22)8-17(21-18(15)9-16(10)20)12-3-5-13(19)6-4-12/h3-9H,1-2H3. The Kier molecular flexibility index (Phi) is 3.90. The average molecular weight is 330 g/mol. The van der Waals surface area contributed by atoms with E-state index in [2.05, 4.69) is 4.98 Å². The molecule has 22 heavy (non-hydrogen) atoms. The summed E-state index contributed by atoms with van der Waals surface area (Å²) in [6.07, 6.45) is 0. The first-order valence-electron chi connectivity index (χ1n) is 6.83. The number of rotatable bonds is 2. The van der Waals surface area contributed by atoms with E-state index in [4.69, 9.17) is 23.2 Å². The van der Waals surface area contributed by atoms with Crippen LogP contribution in [0.5, 0.6) is 0 Å². The number of Topliss-reactive ketones (excluding diaryl/α,β-unsaturated/α-hetero) is 1. The van der Waals surface area contributed by atoms with Crippen molar-refractivity contribution >= 4 is 39.9 Å². The number of carbonyl (C=O) groups is 1. The van der Waals surface area contributed by atoms with Gasteiger partial charge in [-0.3, -0.25) is 4.79 Å². The number of hydrogen-bond donors (Lipinski definition) is 0. The molecule has 0 saturated heterocycles. The second-order valence-electron chi connectivity index (χ2n) is 5.24. The molecule has 2 nitrogen and oxygen atoms in total. The van der Waals surface area contributed by atoms with Crippen LogP contribution in [0.25, 0.3) is 22.2 Å². The number of halogens is 2. The van der Waals surface area contributed by atoms with Crippen molar-refractivity contribution in [2.75, 3.05) is 0 Å². The Labute approximate surface area is 138 Å². The molecule has 0 bridgehead atoms. The summed E-state index contributed by atoms with van der Waals surface area (Å²) in [6, 6.07) is 12.9. The molecule has 0 saturated carbocycles. The minimum atomic E-state index is 0.00401. The molecular formula is C18H13Cl2NO. The largest absolute Gasteiger partial charge is 0.294 e. The van der Waals surface area contributed by atoms with Gasteiger partial charge >= 0.3 is 0 Å². The molecule has 1 heterocycles. The summed E-state index contributed by atoms with van der Waals surface area (Å²) in [5, 5.41) is 2.13. The minimum absolute atomic E-state index is 0.00401.